The van der Waals surface area contributed by atoms with E-state index in [9.17, 15) is 8.42 Å². The molecule has 1 aromatic carbocycles. The maximum atomic E-state index is 12.1. The molecular formula is C14H22N2O3S. The minimum atomic E-state index is -3.51. The molecule has 1 aliphatic rings. The SMILES string of the molecule is Cc1ccc(S(=O)(=O)NCCOC2CCCC2)cc1N. The molecule has 0 radical (unpaired) electrons. The van der Waals surface area contributed by atoms with Gasteiger partial charge in [-0.2, -0.15) is 0 Å². The molecule has 1 fully saturated rings. The Labute approximate surface area is 120 Å². The molecule has 112 valence electrons. The molecule has 0 aliphatic heterocycles. The number of anilines is 1. The maximum absolute atomic E-state index is 12.1. The number of sulfonamides is 1. The average Bonchev–Trinajstić information content (AvgIpc) is 2.91. The third-order valence-electron chi connectivity index (χ3n) is 3.61. The van der Waals surface area contributed by atoms with Crippen molar-refractivity contribution < 1.29 is 13.2 Å². The van der Waals surface area contributed by atoms with Crippen LogP contribution in [0.1, 0.15) is 31.2 Å². The van der Waals surface area contributed by atoms with Crippen LogP contribution < -0.4 is 10.5 Å². The number of ether oxygens (including phenoxy) is 1. The quantitative estimate of drug-likeness (QED) is 0.620. The molecule has 3 N–H and O–H groups in total. The van der Waals surface area contributed by atoms with E-state index in [4.69, 9.17) is 10.5 Å². The summed E-state index contributed by atoms with van der Waals surface area (Å²) >= 11 is 0. The van der Waals surface area contributed by atoms with E-state index < -0.39 is 10.0 Å². The van der Waals surface area contributed by atoms with Gasteiger partial charge in [-0.1, -0.05) is 18.9 Å². The minimum Gasteiger partial charge on any atom is -0.398 e. The summed E-state index contributed by atoms with van der Waals surface area (Å²) in [4.78, 5) is 0.196. The molecular weight excluding hydrogens is 276 g/mol. The number of nitrogens with two attached hydrogens (primary N) is 1. The fraction of sp³-hybridized carbons (Fsp3) is 0.571. The highest BCUT2D eigenvalue weighted by Crippen LogP contribution is 2.20. The Morgan fingerprint density at radius 2 is 2.05 bits per heavy atom. The molecule has 0 spiro atoms. The molecule has 2 rings (SSSR count). The van der Waals surface area contributed by atoms with Crippen LogP contribution in [0, 0.1) is 6.92 Å². The first kappa shape index (κ1) is 15.3. The van der Waals surface area contributed by atoms with E-state index >= 15 is 0 Å². The van der Waals surface area contributed by atoms with Crippen molar-refractivity contribution in [2.24, 2.45) is 0 Å². The zero-order valence-corrected chi connectivity index (χ0v) is 12.6. The van der Waals surface area contributed by atoms with Gasteiger partial charge in [-0.3, -0.25) is 0 Å². The topological polar surface area (TPSA) is 81.4 Å². The normalized spacial score (nSPS) is 16.6. The van der Waals surface area contributed by atoms with E-state index in [1.165, 1.54) is 18.9 Å². The highest BCUT2D eigenvalue weighted by Gasteiger charge is 2.17. The average molecular weight is 298 g/mol. The van der Waals surface area contributed by atoms with E-state index in [0.717, 1.165) is 18.4 Å². The van der Waals surface area contributed by atoms with Gasteiger partial charge in [-0.15, -0.1) is 0 Å². The first-order valence-electron chi connectivity index (χ1n) is 6.96. The Balaban J connectivity index is 1.85. The monoisotopic (exact) mass is 298 g/mol. The second kappa shape index (κ2) is 6.56. The highest BCUT2D eigenvalue weighted by atomic mass is 32.2. The van der Waals surface area contributed by atoms with Gasteiger partial charge in [0, 0.05) is 12.2 Å². The molecule has 0 atom stereocenters. The lowest BCUT2D eigenvalue weighted by molar-refractivity contribution is 0.0626. The van der Waals surface area contributed by atoms with Crippen molar-refractivity contribution in [2.45, 2.75) is 43.6 Å². The van der Waals surface area contributed by atoms with Gasteiger partial charge in [0.25, 0.3) is 0 Å². The van der Waals surface area contributed by atoms with Gasteiger partial charge in [0.2, 0.25) is 10.0 Å². The predicted octanol–water partition coefficient (Wildman–Crippen LogP) is 1.81. The summed E-state index contributed by atoms with van der Waals surface area (Å²) in [6.45, 7) is 2.53. The van der Waals surface area contributed by atoms with Crippen molar-refractivity contribution in [1.82, 2.24) is 4.72 Å². The second-order valence-corrected chi connectivity index (χ2v) is 6.96. The van der Waals surface area contributed by atoms with Gasteiger partial charge >= 0.3 is 0 Å². The first-order valence-corrected chi connectivity index (χ1v) is 8.45. The molecule has 1 aliphatic carbocycles. The van der Waals surface area contributed by atoms with Crippen molar-refractivity contribution in [3.63, 3.8) is 0 Å². The van der Waals surface area contributed by atoms with Gasteiger partial charge < -0.3 is 10.5 Å². The molecule has 0 aromatic heterocycles. The third kappa shape index (κ3) is 3.94. The number of hydrogen-bond donors (Lipinski definition) is 2. The predicted molar refractivity (Wildman–Crippen MR) is 79.0 cm³/mol. The van der Waals surface area contributed by atoms with Gasteiger partial charge in [0.1, 0.15) is 0 Å². The summed E-state index contributed by atoms with van der Waals surface area (Å²) in [5.74, 6) is 0. The number of benzene rings is 1. The molecule has 0 bridgehead atoms. The number of nitrogens with one attached hydrogen (secondary N) is 1. The van der Waals surface area contributed by atoms with E-state index in [2.05, 4.69) is 4.72 Å². The summed E-state index contributed by atoms with van der Waals surface area (Å²) in [6.07, 6.45) is 4.88. The van der Waals surface area contributed by atoms with E-state index in [1.807, 2.05) is 6.92 Å². The van der Waals surface area contributed by atoms with Gasteiger partial charge in [0.05, 0.1) is 17.6 Å². The first-order chi connectivity index (χ1) is 9.49. The Bertz CT molecular complexity index is 552. The Morgan fingerprint density at radius 3 is 2.70 bits per heavy atom. The molecule has 1 saturated carbocycles. The fourth-order valence-electron chi connectivity index (χ4n) is 2.33. The lowest BCUT2D eigenvalue weighted by Crippen LogP contribution is -2.28. The second-order valence-electron chi connectivity index (χ2n) is 5.19. The molecule has 0 unspecified atom stereocenters. The van der Waals surface area contributed by atoms with Crippen molar-refractivity contribution in [3.8, 4) is 0 Å². The van der Waals surface area contributed by atoms with Gasteiger partial charge in [-0.05, 0) is 37.5 Å². The number of hydrogen-bond acceptors (Lipinski definition) is 4. The lowest BCUT2D eigenvalue weighted by Gasteiger charge is -2.12. The molecule has 6 heteroatoms. The van der Waals surface area contributed by atoms with Crippen LogP contribution >= 0.6 is 0 Å². The highest BCUT2D eigenvalue weighted by molar-refractivity contribution is 7.89. The molecule has 0 heterocycles. The fourth-order valence-corrected chi connectivity index (χ4v) is 3.37. The van der Waals surface area contributed by atoms with Crippen LogP contribution in [-0.2, 0) is 14.8 Å². The van der Waals surface area contributed by atoms with Crippen LogP contribution in [0.25, 0.3) is 0 Å². The smallest absolute Gasteiger partial charge is 0.240 e. The standard InChI is InChI=1S/C14H22N2O3S/c1-11-6-7-13(10-14(11)15)20(17,18)16-8-9-19-12-4-2-3-5-12/h6-7,10,12,16H,2-5,8-9,15H2,1H3. The third-order valence-corrected chi connectivity index (χ3v) is 5.07. The number of nitrogen functional groups attached to an aromatic ring is 1. The van der Waals surface area contributed by atoms with Crippen molar-refractivity contribution in [2.75, 3.05) is 18.9 Å². The molecule has 0 amide bonds. The zero-order chi connectivity index (χ0) is 14.6. The van der Waals surface area contributed by atoms with Crippen molar-refractivity contribution in [3.05, 3.63) is 23.8 Å². The maximum Gasteiger partial charge on any atom is 0.240 e. The van der Waals surface area contributed by atoms with Gasteiger partial charge in [0.15, 0.2) is 0 Å². The minimum absolute atomic E-state index is 0.196. The lowest BCUT2D eigenvalue weighted by atomic mass is 10.2. The summed E-state index contributed by atoms with van der Waals surface area (Å²) < 4.78 is 32.3. The molecule has 20 heavy (non-hydrogen) atoms. The zero-order valence-electron chi connectivity index (χ0n) is 11.8. The van der Waals surface area contributed by atoms with Crippen molar-refractivity contribution in [1.29, 1.82) is 0 Å². The Hall–Kier alpha value is -1.11. The van der Waals surface area contributed by atoms with E-state index in [0.29, 0.717) is 18.4 Å². The number of aryl methyl sites for hydroxylation is 1. The van der Waals surface area contributed by atoms with E-state index in [-0.39, 0.29) is 11.4 Å². The van der Waals surface area contributed by atoms with E-state index in [1.54, 1.807) is 12.1 Å². The summed E-state index contributed by atoms with van der Waals surface area (Å²) in [5, 5.41) is 0. The van der Waals surface area contributed by atoms with Crippen LogP contribution in [0.3, 0.4) is 0 Å². The molecule has 1 aromatic rings. The van der Waals surface area contributed by atoms with Crippen LogP contribution in [0.2, 0.25) is 0 Å². The van der Waals surface area contributed by atoms with Crippen LogP contribution in [0.5, 0.6) is 0 Å². The van der Waals surface area contributed by atoms with Crippen LogP contribution in [0.4, 0.5) is 5.69 Å². The summed E-state index contributed by atoms with van der Waals surface area (Å²) in [5.41, 5.74) is 7.09. The molecule has 0 saturated heterocycles. The summed E-state index contributed by atoms with van der Waals surface area (Å²) in [6, 6.07) is 4.75. The Kier molecular flexibility index (Phi) is 5.01. The largest absolute Gasteiger partial charge is 0.398 e. The number of rotatable bonds is 6. The Morgan fingerprint density at radius 1 is 1.35 bits per heavy atom. The van der Waals surface area contributed by atoms with Crippen LogP contribution in [-0.4, -0.2) is 27.7 Å². The summed E-state index contributed by atoms with van der Waals surface area (Å²) in [7, 11) is -3.51. The van der Waals surface area contributed by atoms with Crippen LogP contribution in [0.15, 0.2) is 23.1 Å². The van der Waals surface area contributed by atoms with Gasteiger partial charge in [-0.25, -0.2) is 13.1 Å². The molecule has 5 nitrogen and oxygen atoms in total. The van der Waals surface area contributed by atoms with Crippen molar-refractivity contribution >= 4 is 15.7 Å².